The van der Waals surface area contributed by atoms with Crippen molar-refractivity contribution in [3.05, 3.63) is 52.5 Å². The van der Waals surface area contributed by atoms with E-state index in [0.717, 1.165) is 4.88 Å². The SMILES string of the molecule is NCC(Oc1ccc(F)cc1)c1cccs1. The third kappa shape index (κ3) is 2.59. The van der Waals surface area contributed by atoms with E-state index >= 15 is 0 Å². The van der Waals surface area contributed by atoms with Gasteiger partial charge in [0, 0.05) is 11.4 Å². The Bertz CT molecular complexity index is 427. The Labute approximate surface area is 97.5 Å². The molecule has 1 aromatic heterocycles. The van der Waals surface area contributed by atoms with Gasteiger partial charge in [0.2, 0.25) is 0 Å². The Morgan fingerprint density at radius 2 is 2.00 bits per heavy atom. The van der Waals surface area contributed by atoms with Gasteiger partial charge in [0.25, 0.3) is 0 Å². The second-order valence-corrected chi connectivity index (χ2v) is 4.29. The van der Waals surface area contributed by atoms with Gasteiger partial charge in [0.15, 0.2) is 0 Å². The Morgan fingerprint density at radius 3 is 2.56 bits per heavy atom. The fraction of sp³-hybridized carbons (Fsp3) is 0.167. The minimum atomic E-state index is -0.271. The number of benzene rings is 1. The van der Waals surface area contributed by atoms with E-state index in [9.17, 15) is 4.39 Å². The van der Waals surface area contributed by atoms with Crippen molar-refractivity contribution >= 4 is 11.3 Å². The van der Waals surface area contributed by atoms with Crippen molar-refractivity contribution in [2.45, 2.75) is 6.10 Å². The molecule has 1 heterocycles. The lowest BCUT2D eigenvalue weighted by molar-refractivity contribution is 0.218. The maximum absolute atomic E-state index is 12.7. The van der Waals surface area contributed by atoms with Crippen LogP contribution in [0.15, 0.2) is 41.8 Å². The smallest absolute Gasteiger partial charge is 0.145 e. The molecule has 0 amide bonds. The zero-order valence-electron chi connectivity index (χ0n) is 8.60. The van der Waals surface area contributed by atoms with E-state index in [2.05, 4.69) is 0 Å². The van der Waals surface area contributed by atoms with Crippen LogP contribution in [-0.4, -0.2) is 6.54 Å². The first-order valence-corrected chi connectivity index (χ1v) is 5.83. The molecule has 2 aromatic rings. The van der Waals surface area contributed by atoms with Crippen LogP contribution in [0.5, 0.6) is 5.75 Å². The highest BCUT2D eigenvalue weighted by Crippen LogP contribution is 2.24. The average molecular weight is 237 g/mol. The van der Waals surface area contributed by atoms with E-state index in [0.29, 0.717) is 12.3 Å². The molecule has 0 spiro atoms. The minimum absolute atomic E-state index is 0.162. The monoisotopic (exact) mass is 237 g/mol. The molecule has 4 heteroatoms. The molecule has 0 bridgehead atoms. The van der Waals surface area contributed by atoms with Crippen LogP contribution < -0.4 is 10.5 Å². The standard InChI is InChI=1S/C12H12FNOS/c13-9-3-5-10(6-4-9)15-11(8-14)12-2-1-7-16-12/h1-7,11H,8,14H2. The normalized spacial score (nSPS) is 12.4. The molecule has 1 unspecified atom stereocenters. The van der Waals surface area contributed by atoms with Gasteiger partial charge in [-0.1, -0.05) is 6.07 Å². The molecule has 0 radical (unpaired) electrons. The van der Waals surface area contributed by atoms with E-state index < -0.39 is 0 Å². The molecular formula is C12H12FNOS. The summed E-state index contributed by atoms with van der Waals surface area (Å²) in [5.41, 5.74) is 5.65. The van der Waals surface area contributed by atoms with Crippen molar-refractivity contribution in [2.75, 3.05) is 6.54 Å². The number of nitrogens with two attached hydrogens (primary N) is 1. The first kappa shape index (κ1) is 11.1. The van der Waals surface area contributed by atoms with Crippen LogP contribution in [0.25, 0.3) is 0 Å². The summed E-state index contributed by atoms with van der Waals surface area (Å²) in [7, 11) is 0. The molecule has 84 valence electrons. The number of hydrogen-bond acceptors (Lipinski definition) is 3. The summed E-state index contributed by atoms with van der Waals surface area (Å²) in [6.45, 7) is 0.401. The quantitative estimate of drug-likeness (QED) is 0.887. The van der Waals surface area contributed by atoms with Crippen LogP contribution in [0.1, 0.15) is 11.0 Å². The summed E-state index contributed by atoms with van der Waals surface area (Å²) in [5.74, 6) is 0.359. The first-order chi connectivity index (χ1) is 7.79. The Morgan fingerprint density at radius 1 is 1.25 bits per heavy atom. The highest BCUT2D eigenvalue weighted by molar-refractivity contribution is 7.10. The number of hydrogen-bond donors (Lipinski definition) is 1. The van der Waals surface area contributed by atoms with E-state index in [1.54, 1.807) is 23.5 Å². The summed E-state index contributed by atoms with van der Waals surface area (Å²) in [6.07, 6.45) is -0.162. The zero-order chi connectivity index (χ0) is 11.4. The van der Waals surface area contributed by atoms with Crippen LogP contribution >= 0.6 is 11.3 Å². The summed E-state index contributed by atoms with van der Waals surface area (Å²) in [5, 5.41) is 1.98. The molecule has 1 aromatic carbocycles. The highest BCUT2D eigenvalue weighted by Gasteiger charge is 2.12. The van der Waals surface area contributed by atoms with E-state index in [1.165, 1.54) is 12.1 Å². The predicted octanol–water partition coefficient (Wildman–Crippen LogP) is 2.97. The average Bonchev–Trinajstić information content (AvgIpc) is 2.82. The molecule has 0 aliphatic rings. The van der Waals surface area contributed by atoms with Gasteiger partial charge < -0.3 is 10.5 Å². The summed E-state index contributed by atoms with van der Waals surface area (Å²) >= 11 is 1.60. The number of ether oxygens (including phenoxy) is 1. The summed E-state index contributed by atoms with van der Waals surface area (Å²) in [6, 6.07) is 9.88. The molecule has 0 aliphatic heterocycles. The maximum atomic E-state index is 12.7. The van der Waals surface area contributed by atoms with Crippen molar-refractivity contribution in [3.8, 4) is 5.75 Å². The van der Waals surface area contributed by atoms with E-state index in [-0.39, 0.29) is 11.9 Å². The summed E-state index contributed by atoms with van der Waals surface area (Å²) < 4.78 is 18.4. The van der Waals surface area contributed by atoms with Crippen LogP contribution in [0, 0.1) is 5.82 Å². The van der Waals surface area contributed by atoms with Crippen molar-refractivity contribution in [1.82, 2.24) is 0 Å². The van der Waals surface area contributed by atoms with Crippen molar-refractivity contribution < 1.29 is 9.13 Å². The molecule has 0 saturated heterocycles. The van der Waals surface area contributed by atoms with Crippen LogP contribution in [0.3, 0.4) is 0 Å². The molecule has 0 aliphatic carbocycles. The van der Waals surface area contributed by atoms with Crippen LogP contribution in [0.4, 0.5) is 4.39 Å². The third-order valence-corrected chi connectivity index (χ3v) is 3.13. The first-order valence-electron chi connectivity index (χ1n) is 4.95. The molecule has 0 saturated carbocycles. The lowest BCUT2D eigenvalue weighted by Gasteiger charge is -2.15. The molecule has 0 fully saturated rings. The van der Waals surface area contributed by atoms with Crippen LogP contribution in [-0.2, 0) is 0 Å². The zero-order valence-corrected chi connectivity index (χ0v) is 9.41. The van der Waals surface area contributed by atoms with Crippen LogP contribution in [0.2, 0.25) is 0 Å². The topological polar surface area (TPSA) is 35.2 Å². The van der Waals surface area contributed by atoms with E-state index in [1.807, 2.05) is 17.5 Å². The van der Waals surface area contributed by atoms with Crippen molar-refractivity contribution in [1.29, 1.82) is 0 Å². The Hall–Kier alpha value is -1.39. The summed E-state index contributed by atoms with van der Waals surface area (Å²) in [4.78, 5) is 1.08. The number of rotatable bonds is 4. The third-order valence-electron chi connectivity index (χ3n) is 2.17. The van der Waals surface area contributed by atoms with Gasteiger partial charge in [-0.25, -0.2) is 4.39 Å². The van der Waals surface area contributed by atoms with Crippen molar-refractivity contribution in [2.24, 2.45) is 5.73 Å². The molecule has 2 N–H and O–H groups in total. The van der Waals surface area contributed by atoms with Crippen molar-refractivity contribution in [3.63, 3.8) is 0 Å². The van der Waals surface area contributed by atoms with Gasteiger partial charge in [-0.2, -0.15) is 0 Å². The van der Waals surface area contributed by atoms with Gasteiger partial charge in [-0.3, -0.25) is 0 Å². The number of halogens is 1. The van der Waals surface area contributed by atoms with E-state index in [4.69, 9.17) is 10.5 Å². The second-order valence-electron chi connectivity index (χ2n) is 3.31. The minimum Gasteiger partial charge on any atom is -0.484 e. The fourth-order valence-corrected chi connectivity index (χ4v) is 2.14. The lowest BCUT2D eigenvalue weighted by Crippen LogP contribution is -2.17. The van der Waals surface area contributed by atoms with Gasteiger partial charge in [0.05, 0.1) is 0 Å². The highest BCUT2D eigenvalue weighted by atomic mass is 32.1. The second kappa shape index (κ2) is 5.09. The lowest BCUT2D eigenvalue weighted by atomic mass is 10.3. The Kier molecular flexibility index (Phi) is 3.54. The maximum Gasteiger partial charge on any atom is 0.145 e. The molecule has 1 atom stereocenters. The molecule has 2 nitrogen and oxygen atoms in total. The fourth-order valence-electron chi connectivity index (χ4n) is 1.37. The van der Waals surface area contributed by atoms with Gasteiger partial charge in [0.1, 0.15) is 17.7 Å². The predicted molar refractivity (Wildman–Crippen MR) is 63.1 cm³/mol. The van der Waals surface area contributed by atoms with Gasteiger partial charge in [-0.15, -0.1) is 11.3 Å². The molecular weight excluding hydrogens is 225 g/mol. The largest absolute Gasteiger partial charge is 0.484 e. The molecule has 2 rings (SSSR count). The number of thiophene rings is 1. The molecule has 16 heavy (non-hydrogen) atoms. The Balaban J connectivity index is 2.10. The van der Waals surface area contributed by atoms with Gasteiger partial charge >= 0.3 is 0 Å². The van der Waals surface area contributed by atoms with Gasteiger partial charge in [-0.05, 0) is 35.7 Å².